The number of quaternary nitrogens is 1. The van der Waals surface area contributed by atoms with Crippen LogP contribution in [0, 0.1) is 17.8 Å². The average molecular weight is 587 g/mol. The summed E-state index contributed by atoms with van der Waals surface area (Å²) in [5.74, 6) is 3.34. The third-order valence-electron chi connectivity index (χ3n) is 7.95. The van der Waals surface area contributed by atoms with Crippen LogP contribution in [-0.4, -0.2) is 66.5 Å². The summed E-state index contributed by atoms with van der Waals surface area (Å²) in [4.78, 5) is 22.0. The fourth-order valence-electron chi connectivity index (χ4n) is 5.84. The number of ether oxygens (including phenoxy) is 1. The van der Waals surface area contributed by atoms with E-state index in [9.17, 15) is 23.1 Å². The highest BCUT2D eigenvalue weighted by Crippen LogP contribution is 2.35. The normalized spacial score (nSPS) is 22.6. The molecule has 3 aliphatic rings. The average Bonchev–Trinajstić information content (AvgIpc) is 3.52. The Balaban J connectivity index is 0.000000517. The van der Waals surface area contributed by atoms with Crippen molar-refractivity contribution in [3.05, 3.63) is 66.6 Å². The number of carboxylic acid groups (broad SMARTS) is 1. The van der Waals surface area contributed by atoms with Crippen LogP contribution in [0.3, 0.4) is 0 Å². The van der Waals surface area contributed by atoms with Crippen molar-refractivity contribution in [3.8, 4) is 17.6 Å². The molecule has 1 aromatic heterocycles. The van der Waals surface area contributed by atoms with Crippen LogP contribution in [0.4, 0.5) is 13.2 Å². The van der Waals surface area contributed by atoms with Crippen LogP contribution in [-0.2, 0) is 15.2 Å². The largest absolute Gasteiger partial charge is 0.542 e. The Bertz CT molecular complexity index is 1430. The van der Waals surface area contributed by atoms with Crippen molar-refractivity contribution in [2.24, 2.45) is 5.92 Å². The van der Waals surface area contributed by atoms with Gasteiger partial charge in [0.05, 0.1) is 45.1 Å². The molecule has 11 heteroatoms. The molecular weight excluding hydrogens is 553 g/mol. The summed E-state index contributed by atoms with van der Waals surface area (Å²) in [6, 6.07) is 17.7. The lowest BCUT2D eigenvalue weighted by Crippen LogP contribution is -2.68. The number of hydrogen-bond donors (Lipinski definition) is 2. The second-order valence-corrected chi connectivity index (χ2v) is 10.6. The minimum Gasteiger partial charge on any atom is -0.542 e. The number of piperidine rings is 3. The van der Waals surface area contributed by atoms with E-state index >= 15 is 0 Å². The summed E-state index contributed by atoms with van der Waals surface area (Å²) in [6.07, 6.45) is -0.645. The van der Waals surface area contributed by atoms with E-state index in [1.807, 2.05) is 24.3 Å². The van der Waals surface area contributed by atoms with Crippen LogP contribution in [0.1, 0.15) is 31.9 Å². The molecule has 4 heterocycles. The number of aliphatic carboxylic acids is 1. The van der Waals surface area contributed by atoms with Gasteiger partial charge in [-0.25, -0.2) is 0 Å². The van der Waals surface area contributed by atoms with E-state index in [2.05, 4.69) is 35.4 Å². The first-order valence-corrected chi connectivity index (χ1v) is 13.7. The molecule has 2 bridgehead atoms. The number of alkyl halides is 3. The molecule has 1 unspecified atom stereocenters. The first kappa shape index (κ1) is 30.9. The number of carbonyl (C=O) groups excluding carboxylic acids is 2. The number of benzene rings is 2. The lowest BCUT2D eigenvalue weighted by atomic mass is 9.81. The molecule has 3 saturated heterocycles. The molecule has 3 fully saturated rings. The third-order valence-corrected chi connectivity index (χ3v) is 7.95. The smallest absolute Gasteiger partial charge is 0.430 e. The van der Waals surface area contributed by atoms with E-state index in [-0.39, 0.29) is 11.8 Å². The van der Waals surface area contributed by atoms with Crippen molar-refractivity contribution in [3.63, 3.8) is 0 Å². The predicted octanol–water partition coefficient (Wildman–Crippen LogP) is 3.14. The number of furan rings is 1. The summed E-state index contributed by atoms with van der Waals surface area (Å²) in [7, 11) is 0. The fourth-order valence-corrected chi connectivity index (χ4v) is 5.84. The number of nitrogens with one attached hydrogen (secondary N) is 1. The van der Waals surface area contributed by atoms with Crippen molar-refractivity contribution >= 4 is 22.6 Å². The van der Waals surface area contributed by atoms with Gasteiger partial charge in [0, 0.05) is 24.6 Å². The maximum absolute atomic E-state index is 13.2. The number of rotatable bonds is 8. The monoisotopic (exact) mass is 586 g/mol. The van der Waals surface area contributed by atoms with Crippen molar-refractivity contribution in [2.75, 3.05) is 32.8 Å². The van der Waals surface area contributed by atoms with Gasteiger partial charge in [0.25, 0.3) is 11.5 Å². The second kappa shape index (κ2) is 12.9. The summed E-state index contributed by atoms with van der Waals surface area (Å²) < 4.78 is 44.1. The van der Waals surface area contributed by atoms with Gasteiger partial charge in [-0.1, -0.05) is 42.3 Å². The number of aliphatic hydroxyl groups is 1. The summed E-state index contributed by atoms with van der Waals surface area (Å²) in [5.41, 5.74) is -1.97. The Morgan fingerprint density at radius 3 is 2.45 bits per heavy atom. The van der Waals surface area contributed by atoms with Gasteiger partial charge in [0.1, 0.15) is 11.7 Å². The molecule has 3 aliphatic heterocycles. The van der Waals surface area contributed by atoms with Crippen molar-refractivity contribution in [2.45, 2.75) is 44.0 Å². The number of carboxylic acids is 1. The van der Waals surface area contributed by atoms with Crippen LogP contribution in [0.5, 0.6) is 5.75 Å². The maximum atomic E-state index is 13.2. The molecular formula is C31H33F3N2O6. The molecule has 0 saturated carbocycles. The summed E-state index contributed by atoms with van der Waals surface area (Å²) in [6.45, 7) is 6.42. The summed E-state index contributed by atoms with van der Waals surface area (Å²) >= 11 is 0. The van der Waals surface area contributed by atoms with Gasteiger partial charge in [-0.3, -0.25) is 4.79 Å². The van der Waals surface area contributed by atoms with Gasteiger partial charge >= 0.3 is 6.18 Å². The fraction of sp³-hybridized carbons (Fsp3) is 0.419. The van der Waals surface area contributed by atoms with E-state index < -0.39 is 23.7 Å². The molecule has 6 rings (SSSR count). The van der Waals surface area contributed by atoms with Crippen LogP contribution >= 0.6 is 0 Å². The standard InChI is InChI=1S/C29H32N2O4.C2HF3O2/c1-2-15-29(33,27-12-6-19-35-27)28(32)30-25-21-31(17-13-23(25)14-18-31)16-7-20-34-26-11-5-9-22-8-3-4-10-24(22)26;3-2(4,5)1(6)7/h3-6,8-12,19,23,25,33H,7,13-14,16-18,20-21H2,1H3;(H,6,7)/t23?,25-,29?,31?;/m0./s1. The van der Waals surface area contributed by atoms with Gasteiger partial charge in [-0.15, -0.1) is 5.92 Å². The van der Waals surface area contributed by atoms with Gasteiger partial charge in [0.2, 0.25) is 0 Å². The van der Waals surface area contributed by atoms with E-state index in [0.29, 0.717) is 12.5 Å². The lowest BCUT2D eigenvalue weighted by Gasteiger charge is -2.53. The number of halogens is 3. The highest BCUT2D eigenvalue weighted by molar-refractivity contribution is 5.89. The zero-order valence-electron chi connectivity index (χ0n) is 23.2. The zero-order chi connectivity index (χ0) is 30.4. The van der Waals surface area contributed by atoms with Crippen LogP contribution in [0.15, 0.2) is 65.3 Å². The van der Waals surface area contributed by atoms with E-state index in [1.165, 1.54) is 11.6 Å². The first-order chi connectivity index (χ1) is 20.0. The molecule has 2 N–H and O–H groups in total. The van der Waals surface area contributed by atoms with Crippen LogP contribution in [0.2, 0.25) is 0 Å². The first-order valence-electron chi connectivity index (χ1n) is 13.7. The molecule has 1 amide bonds. The SMILES string of the molecule is CC#CC(O)(C(=O)N[C@H]1C[N+]2(CCCOc3cccc4ccccc34)CCC1CC2)c1ccco1.O=C([O-])C(F)(F)F. The minimum absolute atomic E-state index is 0.0177. The Morgan fingerprint density at radius 1 is 1.12 bits per heavy atom. The maximum Gasteiger partial charge on any atom is 0.430 e. The quantitative estimate of drug-likeness (QED) is 0.238. The minimum atomic E-state index is -5.19. The number of nitrogens with zero attached hydrogens (tertiary/aromatic N) is 1. The Kier molecular flexibility index (Phi) is 9.49. The highest BCUT2D eigenvalue weighted by Gasteiger charge is 2.48. The third kappa shape index (κ3) is 7.06. The highest BCUT2D eigenvalue weighted by atomic mass is 19.4. The van der Waals surface area contributed by atoms with Gasteiger partial charge in [-0.2, -0.15) is 13.2 Å². The van der Waals surface area contributed by atoms with E-state index in [4.69, 9.17) is 19.1 Å². The molecule has 2 atom stereocenters. The Hall–Kier alpha value is -4.01. The number of carbonyl (C=O) groups is 2. The number of hydrogen-bond acceptors (Lipinski definition) is 6. The zero-order valence-corrected chi connectivity index (χ0v) is 23.2. The van der Waals surface area contributed by atoms with Crippen LogP contribution in [0.25, 0.3) is 10.8 Å². The van der Waals surface area contributed by atoms with Gasteiger partial charge in [0.15, 0.2) is 5.76 Å². The molecule has 8 nitrogen and oxygen atoms in total. The Morgan fingerprint density at radius 2 is 1.81 bits per heavy atom. The number of amides is 1. The van der Waals surface area contributed by atoms with E-state index in [1.54, 1.807) is 19.1 Å². The van der Waals surface area contributed by atoms with Crippen LogP contribution < -0.4 is 15.2 Å². The summed E-state index contributed by atoms with van der Waals surface area (Å²) in [5, 5.41) is 25.3. The number of fused-ring (bicyclic) bond motifs is 4. The van der Waals surface area contributed by atoms with Crippen molar-refractivity contribution in [1.29, 1.82) is 0 Å². The molecule has 0 spiro atoms. The lowest BCUT2D eigenvalue weighted by molar-refractivity contribution is -0.944. The second-order valence-electron chi connectivity index (χ2n) is 10.6. The molecule has 3 aromatic rings. The molecule has 0 aliphatic carbocycles. The van der Waals surface area contributed by atoms with Gasteiger partial charge in [-0.05, 0) is 36.4 Å². The van der Waals surface area contributed by atoms with Crippen molar-refractivity contribution < 1.29 is 46.6 Å². The topological polar surface area (TPSA) is 112 Å². The predicted molar refractivity (Wildman–Crippen MR) is 146 cm³/mol. The molecule has 0 radical (unpaired) electrons. The van der Waals surface area contributed by atoms with E-state index in [0.717, 1.165) is 61.1 Å². The molecule has 2 aromatic carbocycles. The molecule has 224 valence electrons. The van der Waals surface area contributed by atoms with Gasteiger partial charge < -0.3 is 34.0 Å². The van der Waals surface area contributed by atoms with Crippen molar-refractivity contribution in [1.82, 2.24) is 5.32 Å². The molecule has 42 heavy (non-hydrogen) atoms. The Labute approximate surface area is 241 Å².